The molecule has 156 valence electrons. The number of carbonyl (C=O) groups is 1. The van der Waals surface area contributed by atoms with Gasteiger partial charge in [-0.2, -0.15) is 0 Å². The van der Waals surface area contributed by atoms with E-state index in [1.54, 1.807) is 0 Å². The van der Waals surface area contributed by atoms with Crippen LogP contribution >= 0.6 is 0 Å². The molecule has 1 amide bonds. The highest BCUT2D eigenvalue weighted by molar-refractivity contribution is 5.78. The number of aromatic nitrogens is 1. The fraction of sp³-hybridized carbons (Fsp3) is 0.545. The van der Waals surface area contributed by atoms with Crippen LogP contribution in [0.5, 0.6) is 0 Å². The van der Waals surface area contributed by atoms with Gasteiger partial charge in [0.1, 0.15) is 5.76 Å². The van der Waals surface area contributed by atoms with E-state index in [9.17, 15) is 4.79 Å². The minimum Gasteiger partial charge on any atom is -0.379 e. The summed E-state index contributed by atoms with van der Waals surface area (Å²) in [4.78, 5) is 17.2. The molecule has 1 aromatic heterocycles. The predicted octanol–water partition coefficient (Wildman–Crippen LogP) is 1.79. The lowest BCUT2D eigenvalue weighted by Gasteiger charge is -2.36. The summed E-state index contributed by atoms with van der Waals surface area (Å²) in [6, 6.07) is 10.6. The van der Waals surface area contributed by atoms with Crippen molar-refractivity contribution in [3.05, 3.63) is 47.3 Å². The van der Waals surface area contributed by atoms with Gasteiger partial charge in [0.05, 0.1) is 31.5 Å². The summed E-state index contributed by atoms with van der Waals surface area (Å²) in [6.45, 7) is 9.33. The minimum absolute atomic E-state index is 0.0292. The van der Waals surface area contributed by atoms with Gasteiger partial charge in [-0.05, 0) is 31.5 Å². The van der Waals surface area contributed by atoms with Crippen molar-refractivity contribution in [2.24, 2.45) is 5.92 Å². The van der Waals surface area contributed by atoms with E-state index in [0.717, 1.165) is 44.1 Å². The largest absolute Gasteiger partial charge is 0.379 e. The summed E-state index contributed by atoms with van der Waals surface area (Å²) >= 11 is 0. The molecule has 0 unspecified atom stereocenters. The van der Waals surface area contributed by atoms with Gasteiger partial charge in [-0.3, -0.25) is 9.69 Å². The Bertz CT molecular complexity index is 829. The number of rotatable bonds is 6. The van der Waals surface area contributed by atoms with Crippen molar-refractivity contribution in [3.63, 3.8) is 0 Å². The van der Waals surface area contributed by atoms with Gasteiger partial charge in [0.15, 0.2) is 0 Å². The van der Waals surface area contributed by atoms with Gasteiger partial charge < -0.3 is 19.5 Å². The Kier molecular flexibility index (Phi) is 6.16. The fourth-order valence-electron chi connectivity index (χ4n) is 4.17. The number of nitrogens with zero attached hydrogens (tertiary/aromatic N) is 3. The smallest absolute Gasteiger partial charge is 0.234 e. The zero-order chi connectivity index (χ0) is 20.2. The number of benzene rings is 1. The fourth-order valence-corrected chi connectivity index (χ4v) is 4.17. The van der Waals surface area contributed by atoms with Crippen molar-refractivity contribution >= 4 is 11.6 Å². The summed E-state index contributed by atoms with van der Waals surface area (Å²) in [6.07, 6.45) is 0.737. The molecule has 0 aliphatic carbocycles. The molecule has 1 aromatic carbocycles. The maximum absolute atomic E-state index is 12.6. The lowest BCUT2D eigenvalue weighted by molar-refractivity contribution is -0.123. The van der Waals surface area contributed by atoms with Crippen molar-refractivity contribution in [1.29, 1.82) is 0 Å². The first-order chi connectivity index (χ1) is 14.1. The van der Waals surface area contributed by atoms with E-state index in [4.69, 9.17) is 9.26 Å². The van der Waals surface area contributed by atoms with Crippen LogP contribution in [0.3, 0.4) is 0 Å². The normalized spacial score (nSPS) is 22.8. The summed E-state index contributed by atoms with van der Waals surface area (Å²) < 4.78 is 10.9. The van der Waals surface area contributed by atoms with Crippen molar-refractivity contribution in [2.45, 2.75) is 26.3 Å². The standard InChI is InChI=1S/C22H30N4O3/c1-16-4-3-5-19(10-16)26-8-6-25(7-9-26)13-22(27)23-21-15-28-14-18(21)12-20-11-17(2)24-29-20/h3-5,10-11,18,21H,6-9,12-15H2,1-2H3,(H,23,27)/t18-,21+/m0/s1. The van der Waals surface area contributed by atoms with Gasteiger partial charge >= 0.3 is 0 Å². The quantitative estimate of drug-likeness (QED) is 0.800. The van der Waals surface area contributed by atoms with Crippen LogP contribution in [0.25, 0.3) is 0 Å². The Morgan fingerprint density at radius 3 is 2.72 bits per heavy atom. The van der Waals surface area contributed by atoms with Gasteiger partial charge in [0, 0.05) is 50.3 Å². The monoisotopic (exact) mass is 398 g/mol. The highest BCUT2D eigenvalue weighted by Crippen LogP contribution is 2.20. The van der Waals surface area contributed by atoms with Crippen molar-refractivity contribution < 1.29 is 14.1 Å². The SMILES string of the molecule is Cc1cccc(N2CCN(CC(=O)N[C@@H]3COC[C@@H]3Cc3cc(C)no3)CC2)c1. The first-order valence-electron chi connectivity index (χ1n) is 10.4. The summed E-state index contributed by atoms with van der Waals surface area (Å²) in [5.74, 6) is 1.15. The molecular weight excluding hydrogens is 368 g/mol. The number of ether oxygens (including phenoxy) is 1. The highest BCUT2D eigenvalue weighted by atomic mass is 16.5. The highest BCUT2D eigenvalue weighted by Gasteiger charge is 2.31. The molecule has 0 spiro atoms. The number of carbonyl (C=O) groups excluding carboxylic acids is 1. The third kappa shape index (κ3) is 5.16. The zero-order valence-electron chi connectivity index (χ0n) is 17.3. The molecule has 1 N–H and O–H groups in total. The van der Waals surface area contributed by atoms with Gasteiger partial charge in [-0.25, -0.2) is 0 Å². The molecule has 3 heterocycles. The third-order valence-electron chi connectivity index (χ3n) is 5.79. The summed E-state index contributed by atoms with van der Waals surface area (Å²) in [5, 5.41) is 7.11. The van der Waals surface area contributed by atoms with E-state index >= 15 is 0 Å². The molecule has 2 aliphatic rings. The van der Waals surface area contributed by atoms with Gasteiger partial charge in [0.2, 0.25) is 5.91 Å². The second kappa shape index (κ2) is 8.97. The van der Waals surface area contributed by atoms with E-state index in [2.05, 4.69) is 51.5 Å². The Labute approximate surface area is 172 Å². The van der Waals surface area contributed by atoms with E-state index < -0.39 is 0 Å². The van der Waals surface area contributed by atoms with Crippen molar-refractivity contribution in [2.75, 3.05) is 50.8 Å². The third-order valence-corrected chi connectivity index (χ3v) is 5.79. The summed E-state index contributed by atoms with van der Waals surface area (Å²) in [7, 11) is 0. The van der Waals surface area contributed by atoms with Crippen LogP contribution in [0.1, 0.15) is 17.0 Å². The van der Waals surface area contributed by atoms with Gasteiger partial charge in [-0.15, -0.1) is 0 Å². The number of anilines is 1. The second-order valence-electron chi connectivity index (χ2n) is 8.21. The van der Waals surface area contributed by atoms with Crippen LogP contribution in [0.2, 0.25) is 0 Å². The summed E-state index contributed by atoms with van der Waals surface area (Å²) in [5.41, 5.74) is 3.42. The number of amides is 1. The molecule has 2 aromatic rings. The Hall–Kier alpha value is -2.38. The molecule has 0 saturated carbocycles. The topological polar surface area (TPSA) is 70.8 Å². The molecule has 2 atom stereocenters. The van der Waals surface area contributed by atoms with Crippen LogP contribution in [-0.2, 0) is 16.0 Å². The second-order valence-corrected chi connectivity index (χ2v) is 8.21. The number of aryl methyl sites for hydroxylation is 2. The zero-order valence-corrected chi connectivity index (χ0v) is 17.3. The van der Waals surface area contributed by atoms with Gasteiger partial charge in [-0.1, -0.05) is 17.3 Å². The average Bonchev–Trinajstić information content (AvgIpc) is 3.31. The minimum atomic E-state index is 0.0292. The lowest BCUT2D eigenvalue weighted by Crippen LogP contribution is -2.51. The molecule has 0 radical (unpaired) electrons. The van der Waals surface area contributed by atoms with Crippen LogP contribution in [0, 0.1) is 19.8 Å². The van der Waals surface area contributed by atoms with Crippen molar-refractivity contribution in [3.8, 4) is 0 Å². The van der Waals surface area contributed by atoms with Crippen LogP contribution < -0.4 is 10.2 Å². The number of hydrogen-bond donors (Lipinski definition) is 1. The van der Waals surface area contributed by atoms with Crippen LogP contribution in [0.15, 0.2) is 34.9 Å². The predicted molar refractivity (Wildman–Crippen MR) is 111 cm³/mol. The Morgan fingerprint density at radius 2 is 2.00 bits per heavy atom. The first kappa shape index (κ1) is 19.9. The van der Waals surface area contributed by atoms with E-state index in [-0.39, 0.29) is 17.9 Å². The number of piperazine rings is 1. The number of hydrogen-bond acceptors (Lipinski definition) is 6. The van der Waals surface area contributed by atoms with Crippen LogP contribution in [-0.4, -0.2) is 67.9 Å². The Morgan fingerprint density at radius 1 is 1.17 bits per heavy atom. The number of nitrogens with one attached hydrogen (secondary N) is 1. The average molecular weight is 399 g/mol. The molecule has 2 saturated heterocycles. The van der Waals surface area contributed by atoms with E-state index in [0.29, 0.717) is 19.8 Å². The van der Waals surface area contributed by atoms with E-state index in [1.807, 2.05) is 13.0 Å². The van der Waals surface area contributed by atoms with Crippen molar-refractivity contribution in [1.82, 2.24) is 15.4 Å². The molecule has 7 nitrogen and oxygen atoms in total. The molecule has 2 fully saturated rings. The molecule has 29 heavy (non-hydrogen) atoms. The van der Waals surface area contributed by atoms with E-state index in [1.165, 1.54) is 11.3 Å². The van der Waals surface area contributed by atoms with Gasteiger partial charge in [0.25, 0.3) is 0 Å². The molecular formula is C22H30N4O3. The maximum atomic E-state index is 12.6. The first-order valence-corrected chi connectivity index (χ1v) is 10.4. The molecule has 2 aliphatic heterocycles. The lowest BCUT2D eigenvalue weighted by atomic mass is 9.98. The Balaban J connectivity index is 1.23. The molecule has 4 rings (SSSR count). The molecule has 0 bridgehead atoms. The van der Waals surface area contributed by atoms with Crippen LogP contribution in [0.4, 0.5) is 5.69 Å². The maximum Gasteiger partial charge on any atom is 0.234 e. The molecule has 7 heteroatoms.